The van der Waals surface area contributed by atoms with Crippen LogP contribution in [0, 0.1) is 5.41 Å². The van der Waals surface area contributed by atoms with Crippen LogP contribution in [0.5, 0.6) is 0 Å². The van der Waals surface area contributed by atoms with Crippen LogP contribution in [0.15, 0.2) is 0 Å². The summed E-state index contributed by atoms with van der Waals surface area (Å²) in [5, 5.41) is 9.66. The van der Waals surface area contributed by atoms with Gasteiger partial charge >= 0.3 is 5.97 Å². The third-order valence-corrected chi connectivity index (χ3v) is 4.55. The van der Waals surface area contributed by atoms with E-state index in [0.29, 0.717) is 6.04 Å². The highest BCUT2D eigenvalue weighted by Crippen LogP contribution is 2.37. The zero-order chi connectivity index (χ0) is 14.3. The molecule has 1 saturated carbocycles. The van der Waals surface area contributed by atoms with Gasteiger partial charge in [0, 0.05) is 12.6 Å². The molecule has 1 rings (SSSR count). The summed E-state index contributed by atoms with van der Waals surface area (Å²) in [4.78, 5) is 14.1. The Balaban J connectivity index is 2.65. The zero-order valence-corrected chi connectivity index (χ0v) is 13.0. The van der Waals surface area contributed by atoms with Crippen LogP contribution < -0.4 is 0 Å². The summed E-state index contributed by atoms with van der Waals surface area (Å²) < 4.78 is 0. The molecule has 0 heterocycles. The second kappa shape index (κ2) is 7.88. The van der Waals surface area contributed by atoms with Crippen molar-refractivity contribution in [3.63, 3.8) is 0 Å². The van der Waals surface area contributed by atoms with Crippen LogP contribution in [0.1, 0.15) is 72.1 Å². The van der Waals surface area contributed by atoms with E-state index in [2.05, 4.69) is 25.7 Å². The second-order valence-electron chi connectivity index (χ2n) is 6.42. The number of hydrogen-bond acceptors (Lipinski definition) is 2. The zero-order valence-electron chi connectivity index (χ0n) is 13.0. The van der Waals surface area contributed by atoms with Crippen molar-refractivity contribution in [2.45, 2.75) is 78.2 Å². The largest absolute Gasteiger partial charge is 0.481 e. The molecule has 1 fully saturated rings. The molecule has 0 amide bonds. The summed E-state index contributed by atoms with van der Waals surface area (Å²) in [7, 11) is 0. The number of carboxylic acids is 1. The highest BCUT2D eigenvalue weighted by atomic mass is 16.4. The highest BCUT2D eigenvalue weighted by Gasteiger charge is 2.41. The molecule has 0 aromatic carbocycles. The number of carboxylic acid groups (broad SMARTS) is 1. The van der Waals surface area contributed by atoms with E-state index < -0.39 is 11.4 Å². The van der Waals surface area contributed by atoms with Gasteiger partial charge in [-0.05, 0) is 39.7 Å². The molecular weight excluding hydrogens is 238 g/mol. The summed E-state index contributed by atoms with van der Waals surface area (Å²) >= 11 is 0. The lowest BCUT2D eigenvalue weighted by Gasteiger charge is -2.39. The first-order valence-electron chi connectivity index (χ1n) is 7.99. The van der Waals surface area contributed by atoms with Crippen LogP contribution in [0.3, 0.4) is 0 Å². The monoisotopic (exact) mass is 269 g/mol. The van der Waals surface area contributed by atoms with E-state index in [1.54, 1.807) is 0 Å². The molecule has 19 heavy (non-hydrogen) atoms. The molecule has 0 aromatic rings. The topological polar surface area (TPSA) is 40.5 Å². The lowest BCUT2D eigenvalue weighted by atomic mass is 9.73. The van der Waals surface area contributed by atoms with Crippen LogP contribution in [0.25, 0.3) is 0 Å². The average molecular weight is 269 g/mol. The maximum Gasteiger partial charge on any atom is 0.310 e. The maximum absolute atomic E-state index is 11.7. The molecule has 1 aliphatic carbocycles. The van der Waals surface area contributed by atoms with E-state index in [1.807, 2.05) is 0 Å². The summed E-state index contributed by atoms with van der Waals surface area (Å²) in [6, 6.07) is 0.440. The first-order valence-corrected chi connectivity index (χ1v) is 7.99. The van der Waals surface area contributed by atoms with Crippen LogP contribution in [0.2, 0.25) is 0 Å². The Morgan fingerprint density at radius 1 is 1.21 bits per heavy atom. The quantitative estimate of drug-likeness (QED) is 0.679. The van der Waals surface area contributed by atoms with Gasteiger partial charge in [0.2, 0.25) is 0 Å². The molecule has 3 heteroatoms. The minimum Gasteiger partial charge on any atom is -0.481 e. The van der Waals surface area contributed by atoms with E-state index in [1.165, 1.54) is 25.7 Å². The van der Waals surface area contributed by atoms with Crippen LogP contribution in [0.4, 0.5) is 0 Å². The first kappa shape index (κ1) is 16.5. The van der Waals surface area contributed by atoms with Gasteiger partial charge in [0.25, 0.3) is 0 Å². The molecule has 0 radical (unpaired) electrons. The van der Waals surface area contributed by atoms with Crippen molar-refractivity contribution in [2.24, 2.45) is 5.41 Å². The third kappa shape index (κ3) is 4.79. The molecule has 0 unspecified atom stereocenters. The summed E-state index contributed by atoms with van der Waals surface area (Å²) in [6.07, 6.45) is 8.72. The lowest BCUT2D eigenvalue weighted by molar-refractivity contribution is -0.153. The number of carbonyl (C=O) groups is 1. The van der Waals surface area contributed by atoms with Gasteiger partial charge in [0.1, 0.15) is 0 Å². The van der Waals surface area contributed by atoms with E-state index in [9.17, 15) is 9.90 Å². The van der Waals surface area contributed by atoms with Gasteiger partial charge in [-0.3, -0.25) is 9.69 Å². The SMILES string of the molecule is CCCCCN(CC1(C(=O)O)CCCCC1)C(C)C. The van der Waals surface area contributed by atoms with Crippen molar-refractivity contribution in [1.82, 2.24) is 4.90 Å². The van der Waals surface area contributed by atoms with Gasteiger partial charge < -0.3 is 5.11 Å². The van der Waals surface area contributed by atoms with Crippen LogP contribution >= 0.6 is 0 Å². The lowest BCUT2D eigenvalue weighted by Crippen LogP contribution is -2.47. The number of hydrogen-bond donors (Lipinski definition) is 1. The Labute approximate surface area is 118 Å². The summed E-state index contributed by atoms with van der Waals surface area (Å²) in [5.74, 6) is -0.576. The minimum absolute atomic E-state index is 0.440. The summed E-state index contributed by atoms with van der Waals surface area (Å²) in [5.41, 5.74) is -0.477. The predicted octanol–water partition coefficient (Wildman–Crippen LogP) is 3.92. The van der Waals surface area contributed by atoms with Gasteiger partial charge in [-0.15, -0.1) is 0 Å². The predicted molar refractivity (Wildman–Crippen MR) is 79.4 cm³/mol. The fraction of sp³-hybridized carbons (Fsp3) is 0.938. The van der Waals surface area contributed by atoms with Crippen molar-refractivity contribution >= 4 is 5.97 Å². The molecule has 0 atom stereocenters. The van der Waals surface area contributed by atoms with E-state index in [-0.39, 0.29) is 0 Å². The maximum atomic E-state index is 11.7. The Hall–Kier alpha value is -0.570. The van der Waals surface area contributed by atoms with Crippen molar-refractivity contribution in [3.05, 3.63) is 0 Å². The molecule has 3 nitrogen and oxygen atoms in total. The van der Waals surface area contributed by atoms with Gasteiger partial charge in [0.05, 0.1) is 5.41 Å². The Kier molecular flexibility index (Phi) is 6.84. The molecular formula is C16H31NO2. The minimum atomic E-state index is -0.576. The second-order valence-corrected chi connectivity index (χ2v) is 6.42. The van der Waals surface area contributed by atoms with Gasteiger partial charge in [0.15, 0.2) is 0 Å². The van der Waals surface area contributed by atoms with Crippen molar-refractivity contribution < 1.29 is 9.90 Å². The third-order valence-electron chi connectivity index (χ3n) is 4.55. The highest BCUT2D eigenvalue weighted by molar-refractivity contribution is 5.75. The average Bonchev–Trinajstić information content (AvgIpc) is 2.38. The van der Waals surface area contributed by atoms with Crippen LogP contribution in [-0.4, -0.2) is 35.1 Å². The molecule has 1 N–H and O–H groups in total. The molecule has 0 spiro atoms. The van der Waals surface area contributed by atoms with Crippen molar-refractivity contribution in [1.29, 1.82) is 0 Å². The Morgan fingerprint density at radius 3 is 2.32 bits per heavy atom. The van der Waals surface area contributed by atoms with Gasteiger partial charge in [-0.25, -0.2) is 0 Å². The number of nitrogens with zero attached hydrogens (tertiary/aromatic N) is 1. The van der Waals surface area contributed by atoms with E-state index in [0.717, 1.165) is 38.8 Å². The first-order chi connectivity index (χ1) is 9.02. The number of unbranched alkanes of at least 4 members (excludes halogenated alkanes) is 2. The van der Waals surface area contributed by atoms with Crippen molar-refractivity contribution in [2.75, 3.05) is 13.1 Å². The summed E-state index contributed by atoms with van der Waals surface area (Å²) in [6.45, 7) is 8.36. The Bertz CT molecular complexity index is 270. The molecule has 112 valence electrons. The van der Waals surface area contributed by atoms with Crippen LogP contribution in [-0.2, 0) is 4.79 Å². The Morgan fingerprint density at radius 2 is 1.84 bits per heavy atom. The molecule has 0 aliphatic heterocycles. The smallest absolute Gasteiger partial charge is 0.310 e. The van der Waals surface area contributed by atoms with Crippen molar-refractivity contribution in [3.8, 4) is 0 Å². The standard InChI is InChI=1S/C16H31NO2/c1-4-5-9-12-17(14(2)3)13-16(15(18)19)10-7-6-8-11-16/h14H,4-13H2,1-3H3,(H,18,19). The van der Waals surface area contributed by atoms with Gasteiger partial charge in [-0.2, -0.15) is 0 Å². The van der Waals surface area contributed by atoms with Gasteiger partial charge in [-0.1, -0.05) is 39.0 Å². The molecule has 0 saturated heterocycles. The molecule has 0 bridgehead atoms. The molecule has 0 aromatic heterocycles. The normalized spacial score (nSPS) is 19.0. The van der Waals surface area contributed by atoms with E-state index in [4.69, 9.17) is 0 Å². The number of rotatable bonds is 8. The fourth-order valence-corrected chi connectivity index (χ4v) is 3.14. The van der Waals surface area contributed by atoms with E-state index >= 15 is 0 Å². The molecule has 1 aliphatic rings. The number of aliphatic carboxylic acids is 1. The fourth-order valence-electron chi connectivity index (χ4n) is 3.14.